The molecule has 1 aromatic carbocycles. The minimum Gasteiger partial charge on any atom is -0.462 e. The Morgan fingerprint density at radius 1 is 1.53 bits per heavy atom. The molecule has 94 valence electrons. The van der Waals surface area contributed by atoms with Crippen LogP contribution in [-0.2, 0) is 11.2 Å². The Hall–Kier alpha value is -1.59. The molecule has 1 atom stereocenters. The molecule has 0 radical (unpaired) electrons. The number of aliphatic hydroxyl groups is 2. The molecule has 0 saturated carbocycles. The normalized spacial score (nSPS) is 12.2. The van der Waals surface area contributed by atoms with Gasteiger partial charge in [-0.3, -0.25) is 0 Å². The van der Waals surface area contributed by atoms with E-state index in [2.05, 4.69) is 0 Å². The number of nitrogen functional groups attached to an aromatic ring is 1. The molecule has 0 aliphatic carbocycles. The number of carbonyl (C=O) groups excluding carboxylic acids is 1. The standard InChI is InChI=1S/C12H17NO4/c1-2-17-12(16)10-4-3-8(6-11(10)13)5-9(15)7-14/h3-4,6,9,14-15H,2,5,7,13H2,1H3. The van der Waals surface area contributed by atoms with Gasteiger partial charge in [0.1, 0.15) is 0 Å². The van der Waals surface area contributed by atoms with Crippen LogP contribution in [0.1, 0.15) is 22.8 Å². The Kier molecular flexibility index (Phi) is 4.93. The molecule has 0 aliphatic rings. The number of hydrogen-bond acceptors (Lipinski definition) is 5. The highest BCUT2D eigenvalue weighted by atomic mass is 16.5. The van der Waals surface area contributed by atoms with Crippen LogP contribution in [0.3, 0.4) is 0 Å². The fourth-order valence-corrected chi connectivity index (χ4v) is 1.47. The predicted molar refractivity (Wildman–Crippen MR) is 63.6 cm³/mol. The van der Waals surface area contributed by atoms with E-state index in [-0.39, 0.29) is 6.61 Å². The maximum atomic E-state index is 11.5. The van der Waals surface area contributed by atoms with Gasteiger partial charge in [0.15, 0.2) is 0 Å². The minimum absolute atomic E-state index is 0.295. The highest BCUT2D eigenvalue weighted by molar-refractivity contribution is 5.95. The summed E-state index contributed by atoms with van der Waals surface area (Å²) < 4.78 is 4.84. The number of rotatable bonds is 5. The number of carbonyl (C=O) groups is 1. The molecule has 0 spiro atoms. The molecule has 0 aromatic heterocycles. The van der Waals surface area contributed by atoms with Gasteiger partial charge in [-0.1, -0.05) is 6.07 Å². The lowest BCUT2D eigenvalue weighted by atomic mass is 10.0. The lowest BCUT2D eigenvalue weighted by molar-refractivity contribution is 0.0527. The van der Waals surface area contributed by atoms with Crippen LogP contribution < -0.4 is 5.73 Å². The van der Waals surface area contributed by atoms with E-state index in [1.54, 1.807) is 25.1 Å². The van der Waals surface area contributed by atoms with Gasteiger partial charge in [-0.2, -0.15) is 0 Å². The molecule has 1 rings (SSSR count). The van der Waals surface area contributed by atoms with Crippen LogP contribution in [0.15, 0.2) is 18.2 Å². The predicted octanol–water partition coefficient (Wildman–Crippen LogP) is 0.341. The van der Waals surface area contributed by atoms with Gasteiger partial charge in [0, 0.05) is 12.1 Å². The van der Waals surface area contributed by atoms with Crippen molar-refractivity contribution in [3.63, 3.8) is 0 Å². The highest BCUT2D eigenvalue weighted by Crippen LogP contribution is 2.16. The third-order valence-electron chi connectivity index (χ3n) is 2.29. The van der Waals surface area contributed by atoms with Gasteiger partial charge in [0.05, 0.1) is 24.9 Å². The topological polar surface area (TPSA) is 92.8 Å². The first-order chi connectivity index (χ1) is 8.08. The molecule has 1 aromatic rings. The SMILES string of the molecule is CCOC(=O)c1ccc(CC(O)CO)cc1N. The summed E-state index contributed by atoms with van der Waals surface area (Å²) in [5.74, 6) is -0.459. The Bertz CT molecular complexity index is 392. The molecule has 5 heteroatoms. The van der Waals surface area contributed by atoms with Crippen molar-refractivity contribution in [3.8, 4) is 0 Å². The molecule has 0 heterocycles. The molecule has 0 aliphatic heterocycles. The summed E-state index contributed by atoms with van der Waals surface area (Å²) in [5, 5.41) is 18.0. The second-order valence-corrected chi connectivity index (χ2v) is 3.68. The quantitative estimate of drug-likeness (QED) is 0.509. The third-order valence-corrected chi connectivity index (χ3v) is 2.29. The van der Waals surface area contributed by atoms with Crippen molar-refractivity contribution in [1.29, 1.82) is 0 Å². The average Bonchev–Trinajstić information content (AvgIpc) is 2.29. The summed E-state index contributed by atoms with van der Waals surface area (Å²) >= 11 is 0. The Morgan fingerprint density at radius 2 is 2.24 bits per heavy atom. The number of hydrogen-bond donors (Lipinski definition) is 3. The first-order valence-electron chi connectivity index (χ1n) is 5.43. The summed E-state index contributed by atoms with van der Waals surface area (Å²) in [5.41, 5.74) is 7.11. The van der Waals surface area contributed by atoms with Crippen LogP contribution in [0.25, 0.3) is 0 Å². The molecule has 0 fully saturated rings. The van der Waals surface area contributed by atoms with E-state index >= 15 is 0 Å². The number of benzene rings is 1. The van der Waals surface area contributed by atoms with Crippen molar-refractivity contribution in [3.05, 3.63) is 29.3 Å². The van der Waals surface area contributed by atoms with Crippen LogP contribution in [-0.4, -0.2) is 35.5 Å². The third kappa shape index (κ3) is 3.72. The zero-order valence-corrected chi connectivity index (χ0v) is 9.72. The summed E-state index contributed by atoms with van der Waals surface area (Å²) in [6.45, 7) is 1.71. The maximum absolute atomic E-state index is 11.5. The van der Waals surface area contributed by atoms with Crippen molar-refractivity contribution in [2.45, 2.75) is 19.4 Å². The summed E-state index contributed by atoms with van der Waals surface area (Å²) in [7, 11) is 0. The highest BCUT2D eigenvalue weighted by Gasteiger charge is 2.12. The zero-order valence-electron chi connectivity index (χ0n) is 9.72. The first-order valence-corrected chi connectivity index (χ1v) is 5.43. The molecule has 1 unspecified atom stereocenters. The monoisotopic (exact) mass is 239 g/mol. The second-order valence-electron chi connectivity index (χ2n) is 3.68. The van der Waals surface area contributed by atoms with E-state index in [9.17, 15) is 9.90 Å². The van der Waals surface area contributed by atoms with E-state index in [1.807, 2.05) is 0 Å². The van der Waals surface area contributed by atoms with Gasteiger partial charge in [0.2, 0.25) is 0 Å². The van der Waals surface area contributed by atoms with Crippen molar-refractivity contribution in [1.82, 2.24) is 0 Å². The lowest BCUT2D eigenvalue weighted by Crippen LogP contribution is -2.15. The van der Waals surface area contributed by atoms with E-state index < -0.39 is 12.1 Å². The number of nitrogens with two attached hydrogens (primary N) is 1. The fourth-order valence-electron chi connectivity index (χ4n) is 1.47. The van der Waals surface area contributed by atoms with Crippen LogP contribution >= 0.6 is 0 Å². The van der Waals surface area contributed by atoms with E-state index in [1.165, 1.54) is 0 Å². The lowest BCUT2D eigenvalue weighted by Gasteiger charge is -2.10. The van der Waals surface area contributed by atoms with Gasteiger partial charge < -0.3 is 20.7 Å². The number of anilines is 1. The van der Waals surface area contributed by atoms with Gasteiger partial charge >= 0.3 is 5.97 Å². The Balaban J connectivity index is 2.82. The molecular formula is C12H17NO4. The van der Waals surface area contributed by atoms with Crippen molar-refractivity contribution >= 4 is 11.7 Å². The summed E-state index contributed by atoms with van der Waals surface area (Å²) in [6.07, 6.45) is -0.521. The van der Waals surface area contributed by atoms with Gasteiger partial charge in [0.25, 0.3) is 0 Å². The molecule has 0 bridgehead atoms. The Morgan fingerprint density at radius 3 is 2.76 bits per heavy atom. The van der Waals surface area contributed by atoms with E-state index in [0.717, 1.165) is 5.56 Å². The van der Waals surface area contributed by atoms with Gasteiger partial charge in [-0.05, 0) is 24.6 Å². The van der Waals surface area contributed by atoms with Crippen molar-refractivity contribution in [2.24, 2.45) is 0 Å². The second kappa shape index (κ2) is 6.22. The number of aliphatic hydroxyl groups excluding tert-OH is 2. The van der Waals surface area contributed by atoms with Crippen LogP contribution in [0, 0.1) is 0 Å². The summed E-state index contributed by atoms with van der Waals surface area (Å²) in [4.78, 5) is 11.5. The van der Waals surface area contributed by atoms with Crippen molar-refractivity contribution in [2.75, 3.05) is 18.9 Å². The molecular weight excluding hydrogens is 222 g/mol. The zero-order chi connectivity index (χ0) is 12.8. The molecule has 0 amide bonds. The van der Waals surface area contributed by atoms with Gasteiger partial charge in [-0.15, -0.1) is 0 Å². The molecule has 5 nitrogen and oxygen atoms in total. The fraction of sp³-hybridized carbons (Fsp3) is 0.417. The minimum atomic E-state index is -0.817. The van der Waals surface area contributed by atoms with Crippen LogP contribution in [0.4, 0.5) is 5.69 Å². The largest absolute Gasteiger partial charge is 0.462 e. The van der Waals surface area contributed by atoms with Gasteiger partial charge in [-0.25, -0.2) is 4.79 Å². The number of esters is 1. The number of ether oxygens (including phenoxy) is 1. The average molecular weight is 239 g/mol. The molecule has 0 saturated heterocycles. The van der Waals surface area contributed by atoms with Crippen LogP contribution in [0.2, 0.25) is 0 Å². The molecule has 17 heavy (non-hydrogen) atoms. The first kappa shape index (κ1) is 13.5. The Labute approximate surface area is 99.8 Å². The van der Waals surface area contributed by atoms with E-state index in [4.69, 9.17) is 15.6 Å². The summed E-state index contributed by atoms with van der Waals surface area (Å²) in [6, 6.07) is 4.85. The molecule has 4 N–H and O–H groups in total. The van der Waals surface area contributed by atoms with Crippen LogP contribution in [0.5, 0.6) is 0 Å². The smallest absolute Gasteiger partial charge is 0.340 e. The van der Waals surface area contributed by atoms with E-state index in [0.29, 0.717) is 24.3 Å². The van der Waals surface area contributed by atoms with Crippen molar-refractivity contribution < 1.29 is 19.7 Å². The maximum Gasteiger partial charge on any atom is 0.340 e.